The molecular formula is C15H23N5O2S. The summed E-state index contributed by atoms with van der Waals surface area (Å²) in [6.45, 7) is 8.72. The van der Waals surface area contributed by atoms with Crippen LogP contribution in [0.3, 0.4) is 0 Å². The van der Waals surface area contributed by atoms with Crippen molar-refractivity contribution in [3.63, 3.8) is 0 Å². The van der Waals surface area contributed by atoms with Gasteiger partial charge in [0.15, 0.2) is 0 Å². The molecule has 0 aromatic carbocycles. The Bertz CT molecular complexity index is 672. The van der Waals surface area contributed by atoms with Crippen LogP contribution in [0.2, 0.25) is 0 Å². The highest BCUT2D eigenvalue weighted by molar-refractivity contribution is 7.09. The van der Waals surface area contributed by atoms with Gasteiger partial charge in [-0.25, -0.2) is 9.78 Å². The number of nitrogens with one attached hydrogen (secondary N) is 2. The zero-order chi connectivity index (χ0) is 17.0. The van der Waals surface area contributed by atoms with E-state index < -0.39 is 11.7 Å². The second-order valence-corrected chi connectivity index (χ2v) is 7.29. The van der Waals surface area contributed by atoms with Crippen molar-refractivity contribution in [3.05, 3.63) is 27.8 Å². The molecule has 0 atom stereocenters. The minimum absolute atomic E-state index is 0.488. The summed E-state index contributed by atoms with van der Waals surface area (Å²) < 4.78 is 6.90. The Morgan fingerprint density at radius 1 is 1.39 bits per heavy atom. The lowest BCUT2D eigenvalue weighted by Gasteiger charge is -2.20. The first-order valence-corrected chi connectivity index (χ1v) is 8.25. The number of aryl methyl sites for hydroxylation is 2. The number of carbonyl (C=O) groups excluding carboxylic acids is 1. The van der Waals surface area contributed by atoms with Gasteiger partial charge in [0, 0.05) is 31.1 Å². The standard InChI is InChI=1S/C15H23N5O2S/c1-10-18-12(9-23-10)8-16-6-11-7-17-20(5)13(11)19-14(21)22-15(2,3)4/h7,9,16H,6,8H2,1-5H3,(H,19,21). The van der Waals surface area contributed by atoms with Crippen LogP contribution >= 0.6 is 11.3 Å². The van der Waals surface area contributed by atoms with E-state index in [0.717, 1.165) is 16.3 Å². The monoisotopic (exact) mass is 337 g/mol. The number of amides is 1. The van der Waals surface area contributed by atoms with Gasteiger partial charge in [0.2, 0.25) is 0 Å². The molecular weight excluding hydrogens is 314 g/mol. The predicted octanol–water partition coefficient (Wildman–Crippen LogP) is 2.82. The van der Waals surface area contributed by atoms with Gasteiger partial charge in [0.05, 0.1) is 16.9 Å². The number of aromatic nitrogens is 3. The number of nitrogens with zero attached hydrogens (tertiary/aromatic N) is 3. The molecule has 0 fully saturated rings. The average Bonchev–Trinajstić information content (AvgIpc) is 2.97. The molecule has 126 valence electrons. The van der Waals surface area contributed by atoms with Gasteiger partial charge in [-0.05, 0) is 27.7 Å². The fraction of sp³-hybridized carbons (Fsp3) is 0.533. The topological polar surface area (TPSA) is 81.1 Å². The third kappa shape index (κ3) is 5.33. The third-order valence-electron chi connectivity index (χ3n) is 2.92. The van der Waals surface area contributed by atoms with E-state index in [1.807, 2.05) is 33.1 Å². The number of thiazole rings is 1. The Kier molecular flexibility index (Phi) is 5.38. The minimum Gasteiger partial charge on any atom is -0.444 e. The van der Waals surface area contributed by atoms with E-state index in [1.165, 1.54) is 0 Å². The lowest BCUT2D eigenvalue weighted by molar-refractivity contribution is 0.0634. The number of hydrogen-bond donors (Lipinski definition) is 2. The molecule has 2 rings (SSSR count). The van der Waals surface area contributed by atoms with E-state index in [-0.39, 0.29) is 0 Å². The Labute approximate surface area is 140 Å². The van der Waals surface area contributed by atoms with Gasteiger partial charge in [-0.2, -0.15) is 5.10 Å². The molecule has 0 aliphatic carbocycles. The van der Waals surface area contributed by atoms with Crippen molar-refractivity contribution in [2.75, 3.05) is 5.32 Å². The Hall–Kier alpha value is -1.93. The van der Waals surface area contributed by atoms with Crippen molar-refractivity contribution in [2.45, 2.75) is 46.4 Å². The molecule has 8 heteroatoms. The van der Waals surface area contributed by atoms with Crippen molar-refractivity contribution in [2.24, 2.45) is 7.05 Å². The van der Waals surface area contributed by atoms with Crippen LogP contribution in [-0.4, -0.2) is 26.5 Å². The van der Waals surface area contributed by atoms with Crippen molar-refractivity contribution >= 4 is 23.2 Å². The van der Waals surface area contributed by atoms with Crippen LogP contribution in [0.1, 0.15) is 37.0 Å². The van der Waals surface area contributed by atoms with E-state index in [4.69, 9.17) is 4.74 Å². The molecule has 0 aliphatic heterocycles. The maximum Gasteiger partial charge on any atom is 0.413 e. The lowest BCUT2D eigenvalue weighted by atomic mass is 10.2. The van der Waals surface area contributed by atoms with Gasteiger partial charge in [-0.15, -0.1) is 11.3 Å². The van der Waals surface area contributed by atoms with Crippen LogP contribution in [0.25, 0.3) is 0 Å². The van der Waals surface area contributed by atoms with Crippen molar-refractivity contribution < 1.29 is 9.53 Å². The van der Waals surface area contributed by atoms with E-state index in [1.54, 1.807) is 29.3 Å². The van der Waals surface area contributed by atoms with Gasteiger partial charge < -0.3 is 10.1 Å². The van der Waals surface area contributed by atoms with Gasteiger partial charge in [-0.1, -0.05) is 0 Å². The summed E-state index contributed by atoms with van der Waals surface area (Å²) >= 11 is 1.63. The highest BCUT2D eigenvalue weighted by Crippen LogP contribution is 2.16. The van der Waals surface area contributed by atoms with E-state index in [0.29, 0.717) is 18.9 Å². The SMILES string of the molecule is Cc1nc(CNCc2cnn(C)c2NC(=O)OC(C)(C)C)cs1. The summed E-state index contributed by atoms with van der Waals surface area (Å²) in [7, 11) is 1.78. The second-order valence-electron chi connectivity index (χ2n) is 6.23. The summed E-state index contributed by atoms with van der Waals surface area (Å²) in [5, 5.41) is 13.3. The fourth-order valence-corrected chi connectivity index (χ4v) is 2.60. The molecule has 2 heterocycles. The summed E-state index contributed by atoms with van der Waals surface area (Å²) in [5.74, 6) is 0.626. The molecule has 0 radical (unpaired) electrons. The first kappa shape index (κ1) is 17.4. The van der Waals surface area contributed by atoms with Gasteiger partial charge >= 0.3 is 6.09 Å². The first-order chi connectivity index (χ1) is 10.7. The van der Waals surface area contributed by atoms with Gasteiger partial charge in [0.25, 0.3) is 0 Å². The number of hydrogen-bond acceptors (Lipinski definition) is 6. The molecule has 0 saturated carbocycles. The zero-order valence-corrected chi connectivity index (χ0v) is 15.0. The molecule has 23 heavy (non-hydrogen) atoms. The highest BCUT2D eigenvalue weighted by Gasteiger charge is 2.19. The summed E-state index contributed by atoms with van der Waals surface area (Å²) in [5.41, 5.74) is 1.37. The zero-order valence-electron chi connectivity index (χ0n) is 14.1. The molecule has 7 nitrogen and oxygen atoms in total. The van der Waals surface area contributed by atoms with Crippen LogP contribution in [-0.2, 0) is 24.9 Å². The molecule has 0 saturated heterocycles. The molecule has 2 N–H and O–H groups in total. The molecule has 0 spiro atoms. The maximum atomic E-state index is 11.9. The highest BCUT2D eigenvalue weighted by atomic mass is 32.1. The van der Waals surface area contributed by atoms with Crippen molar-refractivity contribution in [1.29, 1.82) is 0 Å². The molecule has 2 aromatic rings. The lowest BCUT2D eigenvalue weighted by Crippen LogP contribution is -2.28. The smallest absolute Gasteiger partial charge is 0.413 e. The van der Waals surface area contributed by atoms with Gasteiger partial charge in [0.1, 0.15) is 11.4 Å². The van der Waals surface area contributed by atoms with E-state index in [9.17, 15) is 4.79 Å². The van der Waals surface area contributed by atoms with E-state index >= 15 is 0 Å². The number of rotatable bonds is 5. The van der Waals surface area contributed by atoms with Gasteiger partial charge in [-0.3, -0.25) is 10.00 Å². The van der Waals surface area contributed by atoms with Crippen LogP contribution < -0.4 is 10.6 Å². The summed E-state index contributed by atoms with van der Waals surface area (Å²) in [4.78, 5) is 16.3. The Morgan fingerprint density at radius 2 is 2.13 bits per heavy atom. The van der Waals surface area contributed by atoms with Crippen molar-refractivity contribution in [1.82, 2.24) is 20.1 Å². The number of carbonyl (C=O) groups is 1. The predicted molar refractivity (Wildman–Crippen MR) is 90.5 cm³/mol. The number of anilines is 1. The minimum atomic E-state index is -0.538. The first-order valence-electron chi connectivity index (χ1n) is 7.37. The average molecular weight is 337 g/mol. The van der Waals surface area contributed by atoms with Crippen LogP contribution in [0.5, 0.6) is 0 Å². The molecule has 0 unspecified atom stereocenters. The largest absolute Gasteiger partial charge is 0.444 e. The molecule has 2 aromatic heterocycles. The quantitative estimate of drug-likeness (QED) is 0.877. The van der Waals surface area contributed by atoms with Crippen LogP contribution in [0.4, 0.5) is 10.6 Å². The maximum absolute atomic E-state index is 11.9. The normalized spacial score (nSPS) is 11.5. The van der Waals surface area contributed by atoms with Crippen LogP contribution in [0.15, 0.2) is 11.6 Å². The Morgan fingerprint density at radius 3 is 2.74 bits per heavy atom. The van der Waals surface area contributed by atoms with Crippen LogP contribution in [0, 0.1) is 6.92 Å². The summed E-state index contributed by atoms with van der Waals surface area (Å²) in [6, 6.07) is 0. The van der Waals surface area contributed by atoms with Crippen molar-refractivity contribution in [3.8, 4) is 0 Å². The van der Waals surface area contributed by atoms with E-state index in [2.05, 4.69) is 20.7 Å². The Balaban J connectivity index is 1.94. The number of ether oxygens (including phenoxy) is 1. The molecule has 0 aliphatic rings. The second kappa shape index (κ2) is 7.10. The fourth-order valence-electron chi connectivity index (χ4n) is 1.99. The molecule has 1 amide bonds. The molecule has 0 bridgehead atoms. The third-order valence-corrected chi connectivity index (χ3v) is 3.74. The summed E-state index contributed by atoms with van der Waals surface area (Å²) in [6.07, 6.45) is 1.24.